The summed E-state index contributed by atoms with van der Waals surface area (Å²) in [7, 11) is 0. The number of aromatic nitrogens is 1. The molecule has 7 nitrogen and oxygen atoms in total. The number of hydrogen-bond donors (Lipinski definition) is 1. The van der Waals surface area contributed by atoms with Gasteiger partial charge in [-0.05, 0) is 83.4 Å². The second kappa shape index (κ2) is 12.5. The molecular formula is C32H28BrN3O4S. The summed E-state index contributed by atoms with van der Waals surface area (Å²) in [5.41, 5.74) is 2.99. The van der Waals surface area contributed by atoms with E-state index in [1.54, 1.807) is 17.6 Å². The standard InChI is InChI=1S/C32H28BrN3O4S/c1-4-17-40-26-16-11-21(18-25(26)33)19-27-31(38)36-29(22-12-14-24(15-13-22)39-5-2)28(20(3)34-32(36)41-27)30(37)35-23-9-7-6-8-10-23/h4,6-16,18-19,29H,1,5,17H2,2-3H3,(H,35,37)/b27-19-/t29-/m1/s1. The maximum atomic E-state index is 14.0. The molecule has 0 aliphatic carbocycles. The van der Waals surface area contributed by atoms with Gasteiger partial charge in [-0.2, -0.15) is 0 Å². The van der Waals surface area contributed by atoms with E-state index in [1.165, 1.54) is 11.3 Å². The minimum absolute atomic E-state index is 0.228. The Labute approximate surface area is 249 Å². The van der Waals surface area contributed by atoms with Crippen LogP contribution in [0.5, 0.6) is 11.5 Å². The van der Waals surface area contributed by atoms with Crippen LogP contribution in [0.2, 0.25) is 0 Å². The van der Waals surface area contributed by atoms with Crippen LogP contribution in [0, 0.1) is 0 Å². The highest BCUT2D eigenvalue weighted by Crippen LogP contribution is 2.32. The molecule has 1 aromatic heterocycles. The van der Waals surface area contributed by atoms with Gasteiger partial charge >= 0.3 is 0 Å². The molecule has 41 heavy (non-hydrogen) atoms. The Morgan fingerprint density at radius 2 is 1.88 bits per heavy atom. The summed E-state index contributed by atoms with van der Waals surface area (Å²) in [4.78, 5) is 32.9. The van der Waals surface area contributed by atoms with Crippen LogP contribution in [0.25, 0.3) is 6.08 Å². The molecule has 2 heterocycles. The molecule has 1 aliphatic heterocycles. The summed E-state index contributed by atoms with van der Waals surface area (Å²) in [6.07, 6.45) is 3.50. The number of amides is 1. The van der Waals surface area contributed by atoms with Gasteiger partial charge in [0.05, 0.1) is 32.9 Å². The van der Waals surface area contributed by atoms with Crippen LogP contribution in [0.4, 0.5) is 5.69 Å². The van der Waals surface area contributed by atoms with Crippen LogP contribution in [-0.2, 0) is 4.79 Å². The minimum Gasteiger partial charge on any atom is -0.494 e. The first-order valence-corrected chi connectivity index (χ1v) is 14.7. The molecule has 0 unspecified atom stereocenters. The predicted octanol–water partition coefficient (Wildman–Crippen LogP) is 5.60. The zero-order valence-electron chi connectivity index (χ0n) is 22.6. The van der Waals surface area contributed by atoms with Gasteiger partial charge in [0.15, 0.2) is 4.80 Å². The SMILES string of the molecule is C=CCOc1ccc(/C=c2\sc3n(c2=O)[C@H](c2ccc(OCC)cc2)C(C(=O)Nc2ccccc2)=C(C)N=3)cc1Br. The van der Waals surface area contributed by atoms with Crippen molar-refractivity contribution >= 4 is 44.9 Å². The van der Waals surface area contributed by atoms with Crippen LogP contribution in [0.3, 0.4) is 0 Å². The number of para-hydroxylation sites is 1. The van der Waals surface area contributed by atoms with E-state index < -0.39 is 6.04 Å². The van der Waals surface area contributed by atoms with Gasteiger partial charge < -0.3 is 14.8 Å². The van der Waals surface area contributed by atoms with Crippen molar-refractivity contribution in [2.45, 2.75) is 19.9 Å². The predicted molar refractivity (Wildman–Crippen MR) is 166 cm³/mol. The monoisotopic (exact) mass is 629 g/mol. The number of thiazole rings is 1. The number of allylic oxidation sites excluding steroid dienone is 1. The first-order chi connectivity index (χ1) is 19.9. The zero-order chi connectivity index (χ0) is 28.9. The second-order valence-electron chi connectivity index (χ2n) is 9.19. The molecule has 5 rings (SSSR count). The number of halogens is 1. The molecule has 1 aliphatic rings. The summed E-state index contributed by atoms with van der Waals surface area (Å²) in [6.45, 7) is 8.33. The third-order valence-corrected chi connectivity index (χ3v) is 8.02. The molecule has 1 N–H and O–H groups in total. The van der Waals surface area contributed by atoms with Gasteiger partial charge in [0.1, 0.15) is 18.1 Å². The van der Waals surface area contributed by atoms with Crippen molar-refractivity contribution < 1.29 is 14.3 Å². The molecule has 0 spiro atoms. The van der Waals surface area contributed by atoms with Crippen molar-refractivity contribution in [1.29, 1.82) is 0 Å². The van der Waals surface area contributed by atoms with Gasteiger partial charge in [0.25, 0.3) is 11.5 Å². The number of ether oxygens (including phenoxy) is 2. The first kappa shape index (κ1) is 28.3. The van der Waals surface area contributed by atoms with Gasteiger partial charge in [0.2, 0.25) is 0 Å². The number of carbonyl (C=O) groups is 1. The van der Waals surface area contributed by atoms with Crippen molar-refractivity contribution in [3.05, 3.63) is 132 Å². The Bertz CT molecular complexity index is 1810. The third kappa shape index (κ3) is 6.11. The fourth-order valence-corrected chi connectivity index (χ4v) is 6.14. The van der Waals surface area contributed by atoms with E-state index in [-0.39, 0.29) is 11.5 Å². The lowest BCUT2D eigenvalue weighted by Gasteiger charge is -2.25. The molecule has 0 bridgehead atoms. The lowest BCUT2D eigenvalue weighted by molar-refractivity contribution is -0.113. The minimum atomic E-state index is -0.672. The van der Waals surface area contributed by atoms with Crippen molar-refractivity contribution in [1.82, 2.24) is 4.57 Å². The van der Waals surface area contributed by atoms with Crippen LogP contribution in [0.1, 0.15) is 31.0 Å². The zero-order valence-corrected chi connectivity index (χ0v) is 25.0. The Hall–Kier alpha value is -4.21. The summed E-state index contributed by atoms with van der Waals surface area (Å²) in [5.74, 6) is 1.08. The summed E-state index contributed by atoms with van der Waals surface area (Å²) < 4.78 is 14.2. The van der Waals surface area contributed by atoms with Crippen molar-refractivity contribution in [3.8, 4) is 11.5 Å². The van der Waals surface area contributed by atoms with E-state index in [1.807, 2.05) is 85.8 Å². The van der Waals surface area contributed by atoms with Crippen LogP contribution in [0.15, 0.2) is 111 Å². The number of fused-ring (bicyclic) bond motifs is 1. The highest BCUT2D eigenvalue weighted by atomic mass is 79.9. The van der Waals surface area contributed by atoms with Crippen LogP contribution < -0.4 is 29.7 Å². The van der Waals surface area contributed by atoms with Gasteiger partial charge in [0, 0.05) is 5.69 Å². The number of carbonyl (C=O) groups excluding carboxylic acids is 1. The lowest BCUT2D eigenvalue weighted by atomic mass is 9.95. The highest BCUT2D eigenvalue weighted by molar-refractivity contribution is 9.10. The topological polar surface area (TPSA) is 81.9 Å². The van der Waals surface area contributed by atoms with E-state index in [0.29, 0.717) is 51.0 Å². The van der Waals surface area contributed by atoms with E-state index in [0.717, 1.165) is 15.6 Å². The fraction of sp³-hybridized carbons (Fsp3) is 0.156. The molecule has 0 radical (unpaired) electrons. The first-order valence-electron chi connectivity index (χ1n) is 13.0. The van der Waals surface area contributed by atoms with Crippen LogP contribution >= 0.6 is 27.3 Å². The Balaban J connectivity index is 1.61. The van der Waals surface area contributed by atoms with E-state index in [4.69, 9.17) is 14.5 Å². The molecule has 9 heteroatoms. The van der Waals surface area contributed by atoms with Crippen LogP contribution in [-0.4, -0.2) is 23.7 Å². The molecule has 3 aromatic carbocycles. The summed E-state index contributed by atoms with van der Waals surface area (Å²) >= 11 is 4.83. The van der Waals surface area contributed by atoms with E-state index >= 15 is 0 Å². The lowest BCUT2D eigenvalue weighted by Crippen LogP contribution is -2.40. The Morgan fingerprint density at radius 3 is 2.56 bits per heavy atom. The summed E-state index contributed by atoms with van der Waals surface area (Å²) in [6, 6.07) is 21.7. The number of rotatable bonds is 9. The smallest absolute Gasteiger partial charge is 0.271 e. The molecule has 0 saturated carbocycles. The van der Waals surface area contributed by atoms with Crippen molar-refractivity contribution in [2.24, 2.45) is 4.99 Å². The number of hydrogen-bond acceptors (Lipinski definition) is 6. The molecular weight excluding hydrogens is 602 g/mol. The molecule has 0 fully saturated rings. The van der Waals surface area contributed by atoms with Gasteiger partial charge in [-0.25, -0.2) is 4.99 Å². The molecule has 1 atom stereocenters. The number of nitrogens with one attached hydrogen (secondary N) is 1. The maximum Gasteiger partial charge on any atom is 0.271 e. The Morgan fingerprint density at radius 1 is 1.12 bits per heavy atom. The third-order valence-electron chi connectivity index (χ3n) is 6.42. The largest absolute Gasteiger partial charge is 0.494 e. The molecule has 0 saturated heterocycles. The normalized spacial score (nSPS) is 14.7. The van der Waals surface area contributed by atoms with Gasteiger partial charge in [-0.15, -0.1) is 0 Å². The van der Waals surface area contributed by atoms with Crippen molar-refractivity contribution in [2.75, 3.05) is 18.5 Å². The van der Waals surface area contributed by atoms with Gasteiger partial charge in [-0.3, -0.25) is 14.2 Å². The maximum absolute atomic E-state index is 14.0. The molecule has 1 amide bonds. The van der Waals surface area contributed by atoms with Crippen molar-refractivity contribution in [3.63, 3.8) is 0 Å². The number of benzene rings is 3. The summed E-state index contributed by atoms with van der Waals surface area (Å²) in [5, 5.41) is 2.97. The second-order valence-corrected chi connectivity index (χ2v) is 11.1. The van der Waals surface area contributed by atoms with E-state index in [2.05, 4.69) is 27.8 Å². The highest BCUT2D eigenvalue weighted by Gasteiger charge is 2.32. The molecule has 4 aromatic rings. The number of anilines is 1. The van der Waals surface area contributed by atoms with E-state index in [9.17, 15) is 9.59 Å². The average molecular weight is 631 g/mol. The Kier molecular flexibility index (Phi) is 8.66. The average Bonchev–Trinajstić information content (AvgIpc) is 3.27. The quantitative estimate of drug-likeness (QED) is 0.244. The molecule has 208 valence electrons. The fourth-order valence-electron chi connectivity index (χ4n) is 4.58. The van der Waals surface area contributed by atoms with Gasteiger partial charge in [-0.1, -0.05) is 60.4 Å². The number of nitrogens with zero attached hydrogens (tertiary/aromatic N) is 2.